The molecule has 2 unspecified atom stereocenters. The second kappa shape index (κ2) is 11.6. The lowest BCUT2D eigenvalue weighted by Crippen LogP contribution is -2.32. The van der Waals surface area contributed by atoms with Crippen LogP contribution in [-0.4, -0.2) is 76.2 Å². The first-order valence-electron chi connectivity index (χ1n) is 11.7. The van der Waals surface area contributed by atoms with E-state index < -0.39 is 6.10 Å². The molecule has 4 aromatic rings. The first kappa shape index (κ1) is 25.7. The number of aliphatic imine (C=N–C) groups is 1. The molecule has 37 heavy (non-hydrogen) atoms. The van der Waals surface area contributed by atoms with Gasteiger partial charge in [-0.3, -0.25) is 9.98 Å². The predicted octanol–water partition coefficient (Wildman–Crippen LogP) is 3.18. The summed E-state index contributed by atoms with van der Waals surface area (Å²) in [5, 5.41) is 23.0. The van der Waals surface area contributed by atoms with Crippen molar-refractivity contribution in [3.63, 3.8) is 0 Å². The van der Waals surface area contributed by atoms with Crippen molar-refractivity contribution < 1.29 is 14.6 Å². The predicted molar refractivity (Wildman–Crippen MR) is 143 cm³/mol. The number of ether oxygens (including phenoxy) is 2. The fraction of sp³-hybridized carbons (Fsp3) is 0.308. The third-order valence-electron chi connectivity index (χ3n) is 5.92. The highest BCUT2D eigenvalue weighted by atomic mass is 16.5. The van der Waals surface area contributed by atoms with Gasteiger partial charge in [0.05, 0.1) is 62.3 Å². The minimum Gasteiger partial charge on any atom is -0.497 e. The molecule has 0 spiro atoms. The molecule has 2 atom stereocenters. The van der Waals surface area contributed by atoms with Gasteiger partial charge in [0.25, 0.3) is 0 Å². The standard InChI is InChI=1S/C26H30N8O3/c1-17-30-16-31-34(17)15-21(35)14-33(20-7-22(36-3)10-23(8-20)37-4)19-5-6-24-25(9-19)32-26(13-29-24)18(11-27)12-28-2/h5-13,16,18,21,27,35H,14-15H2,1-4H3. The Kier molecular flexibility index (Phi) is 8.04. The van der Waals surface area contributed by atoms with Crippen molar-refractivity contribution in [3.05, 3.63) is 60.4 Å². The molecule has 11 nitrogen and oxygen atoms in total. The molecule has 2 heterocycles. The number of hydrogen-bond donors (Lipinski definition) is 2. The van der Waals surface area contributed by atoms with Gasteiger partial charge in [-0.05, 0) is 25.1 Å². The number of benzene rings is 2. The first-order valence-corrected chi connectivity index (χ1v) is 11.7. The Morgan fingerprint density at radius 2 is 1.84 bits per heavy atom. The zero-order valence-corrected chi connectivity index (χ0v) is 21.2. The van der Waals surface area contributed by atoms with Crippen molar-refractivity contribution in [1.82, 2.24) is 24.7 Å². The normalized spacial score (nSPS) is 13.0. The number of nitrogens with zero attached hydrogens (tertiary/aromatic N) is 7. The topological polar surface area (TPSA) is 135 Å². The summed E-state index contributed by atoms with van der Waals surface area (Å²) in [6.45, 7) is 2.37. The van der Waals surface area contributed by atoms with Crippen LogP contribution >= 0.6 is 0 Å². The average Bonchev–Trinajstić information content (AvgIpc) is 3.33. The average molecular weight is 503 g/mol. The molecule has 0 radical (unpaired) electrons. The van der Waals surface area contributed by atoms with E-state index in [0.29, 0.717) is 28.2 Å². The van der Waals surface area contributed by atoms with E-state index in [0.717, 1.165) is 17.2 Å². The third kappa shape index (κ3) is 5.89. The summed E-state index contributed by atoms with van der Waals surface area (Å²) in [7, 11) is 4.85. The van der Waals surface area contributed by atoms with E-state index in [2.05, 4.69) is 20.1 Å². The lowest BCUT2D eigenvalue weighted by atomic mass is 10.1. The number of aromatic nitrogens is 5. The maximum Gasteiger partial charge on any atom is 0.138 e. The number of aryl methyl sites for hydroxylation is 1. The molecule has 4 rings (SSSR count). The van der Waals surface area contributed by atoms with Crippen molar-refractivity contribution >= 4 is 34.8 Å². The number of nitrogens with one attached hydrogen (secondary N) is 1. The molecular weight excluding hydrogens is 472 g/mol. The molecule has 0 saturated carbocycles. The van der Waals surface area contributed by atoms with Crippen LogP contribution < -0.4 is 14.4 Å². The molecule has 2 aromatic carbocycles. The van der Waals surface area contributed by atoms with E-state index in [-0.39, 0.29) is 19.0 Å². The van der Waals surface area contributed by atoms with E-state index in [1.807, 2.05) is 42.2 Å². The number of aliphatic hydroxyl groups excluding tert-OH is 1. The third-order valence-corrected chi connectivity index (χ3v) is 5.92. The largest absolute Gasteiger partial charge is 0.497 e. The van der Waals surface area contributed by atoms with Gasteiger partial charge in [-0.2, -0.15) is 5.10 Å². The van der Waals surface area contributed by atoms with Crippen molar-refractivity contribution in [2.24, 2.45) is 4.99 Å². The number of anilines is 2. The van der Waals surface area contributed by atoms with Crippen molar-refractivity contribution in [1.29, 1.82) is 5.41 Å². The summed E-state index contributed by atoms with van der Waals surface area (Å²) >= 11 is 0. The Bertz CT molecular complexity index is 1380. The molecule has 0 aliphatic rings. The Labute approximate surface area is 215 Å². The molecule has 0 amide bonds. The number of rotatable bonds is 11. The molecule has 2 N–H and O–H groups in total. The number of fused-ring (bicyclic) bond motifs is 1. The van der Waals surface area contributed by atoms with Crippen molar-refractivity contribution in [2.45, 2.75) is 25.5 Å². The monoisotopic (exact) mass is 502 g/mol. The number of methoxy groups -OCH3 is 2. The Balaban J connectivity index is 1.77. The number of aliphatic hydroxyl groups is 1. The summed E-state index contributed by atoms with van der Waals surface area (Å²) in [6.07, 6.45) is 5.30. The van der Waals surface area contributed by atoms with Crippen LogP contribution in [0.25, 0.3) is 11.0 Å². The van der Waals surface area contributed by atoms with Gasteiger partial charge in [0.2, 0.25) is 0 Å². The molecule has 2 aromatic heterocycles. The first-order chi connectivity index (χ1) is 17.9. The van der Waals surface area contributed by atoms with Gasteiger partial charge in [-0.25, -0.2) is 14.6 Å². The Morgan fingerprint density at radius 1 is 1.08 bits per heavy atom. The SMILES string of the molecule is CN=CC(C=N)c1cnc2ccc(N(CC(O)Cn3ncnc3C)c3cc(OC)cc(OC)c3)cc2n1. The van der Waals surface area contributed by atoms with Gasteiger partial charge in [0.15, 0.2) is 0 Å². The molecule has 0 bridgehead atoms. The highest BCUT2D eigenvalue weighted by molar-refractivity contribution is 5.89. The quantitative estimate of drug-likeness (QED) is 0.299. The Morgan fingerprint density at radius 3 is 2.46 bits per heavy atom. The van der Waals surface area contributed by atoms with E-state index >= 15 is 0 Å². The molecule has 0 aliphatic carbocycles. The second-order valence-corrected chi connectivity index (χ2v) is 8.39. The summed E-state index contributed by atoms with van der Waals surface area (Å²) < 4.78 is 12.6. The molecule has 0 fully saturated rings. The minimum atomic E-state index is -0.770. The van der Waals surface area contributed by atoms with Crippen LogP contribution in [0.2, 0.25) is 0 Å². The molecule has 0 saturated heterocycles. The van der Waals surface area contributed by atoms with Gasteiger partial charge in [0.1, 0.15) is 23.7 Å². The maximum absolute atomic E-state index is 11.1. The van der Waals surface area contributed by atoms with Gasteiger partial charge in [0, 0.05) is 49.1 Å². The zero-order chi connectivity index (χ0) is 26.4. The van der Waals surface area contributed by atoms with Gasteiger partial charge < -0.3 is 24.9 Å². The molecule has 192 valence electrons. The summed E-state index contributed by atoms with van der Waals surface area (Å²) in [4.78, 5) is 19.4. The van der Waals surface area contributed by atoms with E-state index in [1.54, 1.807) is 44.4 Å². The smallest absolute Gasteiger partial charge is 0.138 e. The summed E-state index contributed by atoms with van der Waals surface area (Å²) in [5.41, 5.74) is 3.56. The fourth-order valence-corrected chi connectivity index (χ4v) is 3.99. The van der Waals surface area contributed by atoms with Gasteiger partial charge in [-0.1, -0.05) is 0 Å². The van der Waals surface area contributed by atoms with Crippen LogP contribution in [0.15, 0.2) is 53.9 Å². The van der Waals surface area contributed by atoms with Crippen LogP contribution in [0.5, 0.6) is 11.5 Å². The van der Waals surface area contributed by atoms with Crippen LogP contribution in [0.4, 0.5) is 11.4 Å². The fourth-order valence-electron chi connectivity index (χ4n) is 3.99. The van der Waals surface area contributed by atoms with E-state index in [9.17, 15) is 5.11 Å². The molecular formula is C26H30N8O3. The van der Waals surface area contributed by atoms with E-state index in [4.69, 9.17) is 19.9 Å². The highest BCUT2D eigenvalue weighted by Crippen LogP contribution is 2.34. The van der Waals surface area contributed by atoms with Crippen molar-refractivity contribution in [2.75, 3.05) is 32.7 Å². The lowest BCUT2D eigenvalue weighted by Gasteiger charge is -2.28. The second-order valence-electron chi connectivity index (χ2n) is 8.39. The molecule has 0 aliphatic heterocycles. The van der Waals surface area contributed by atoms with Gasteiger partial charge in [-0.15, -0.1) is 0 Å². The Hall–Kier alpha value is -4.38. The van der Waals surface area contributed by atoms with Crippen LogP contribution in [0, 0.1) is 12.3 Å². The highest BCUT2D eigenvalue weighted by Gasteiger charge is 2.19. The summed E-state index contributed by atoms with van der Waals surface area (Å²) in [6, 6.07) is 11.3. The maximum atomic E-state index is 11.1. The van der Waals surface area contributed by atoms with E-state index in [1.165, 1.54) is 12.5 Å². The van der Waals surface area contributed by atoms with Gasteiger partial charge >= 0.3 is 0 Å². The van der Waals surface area contributed by atoms with Crippen molar-refractivity contribution in [3.8, 4) is 11.5 Å². The molecule has 11 heteroatoms. The van der Waals surface area contributed by atoms with Crippen LogP contribution in [-0.2, 0) is 6.54 Å². The van der Waals surface area contributed by atoms with Crippen LogP contribution in [0.1, 0.15) is 17.4 Å². The minimum absolute atomic E-state index is 0.250. The summed E-state index contributed by atoms with van der Waals surface area (Å²) in [5.74, 6) is 1.60. The lowest BCUT2D eigenvalue weighted by molar-refractivity contribution is 0.156. The van der Waals surface area contributed by atoms with Crippen LogP contribution in [0.3, 0.4) is 0 Å². The number of hydrogen-bond acceptors (Lipinski definition) is 10. The zero-order valence-electron chi connectivity index (χ0n) is 21.2.